The van der Waals surface area contributed by atoms with Gasteiger partial charge in [-0.05, 0) is 31.2 Å². The monoisotopic (exact) mass is 302 g/mol. The summed E-state index contributed by atoms with van der Waals surface area (Å²) in [5, 5.41) is 4.65. The molecule has 8 heteroatoms. The van der Waals surface area contributed by atoms with Crippen LogP contribution in [0.4, 0.5) is 10.1 Å². The molecule has 0 fully saturated rings. The number of rotatable bonds is 6. The summed E-state index contributed by atoms with van der Waals surface area (Å²) in [5.74, 6) is -3.44. The summed E-state index contributed by atoms with van der Waals surface area (Å²) in [6.07, 6.45) is 0. The summed E-state index contributed by atoms with van der Waals surface area (Å²) in [4.78, 5) is 22.7. The van der Waals surface area contributed by atoms with E-state index in [9.17, 15) is 22.4 Å². The van der Waals surface area contributed by atoms with Gasteiger partial charge >= 0.3 is 0 Å². The quantitative estimate of drug-likeness (QED) is 0.791. The summed E-state index contributed by atoms with van der Waals surface area (Å²) in [5.41, 5.74) is 0.282. The van der Waals surface area contributed by atoms with Gasteiger partial charge in [-0.15, -0.1) is 0 Å². The van der Waals surface area contributed by atoms with Crippen molar-refractivity contribution in [2.24, 2.45) is 0 Å². The number of sulfone groups is 1. The van der Waals surface area contributed by atoms with Gasteiger partial charge in [0.05, 0.1) is 0 Å². The maximum absolute atomic E-state index is 12.7. The lowest BCUT2D eigenvalue weighted by Crippen LogP contribution is -2.33. The maximum atomic E-state index is 12.7. The zero-order chi connectivity index (χ0) is 15.2. The van der Waals surface area contributed by atoms with Crippen molar-refractivity contribution in [2.45, 2.75) is 6.92 Å². The largest absolute Gasteiger partial charge is 0.356 e. The Morgan fingerprint density at radius 3 is 2.20 bits per heavy atom. The molecular weight excluding hydrogens is 287 g/mol. The highest BCUT2D eigenvalue weighted by Gasteiger charge is 2.20. The number of carbonyl (C=O) groups excluding carboxylic acids is 2. The lowest BCUT2D eigenvalue weighted by atomic mass is 10.3. The van der Waals surface area contributed by atoms with E-state index in [1.54, 1.807) is 6.92 Å². The minimum atomic E-state index is -3.83. The van der Waals surface area contributed by atoms with E-state index in [0.717, 1.165) is 12.1 Å². The Labute approximate surface area is 116 Å². The third kappa shape index (κ3) is 5.79. The van der Waals surface area contributed by atoms with Gasteiger partial charge in [-0.1, -0.05) is 0 Å². The van der Waals surface area contributed by atoms with Crippen LogP contribution >= 0.6 is 0 Å². The normalized spacial score (nSPS) is 10.9. The second-order valence-corrected chi connectivity index (χ2v) is 6.11. The van der Waals surface area contributed by atoms with E-state index in [1.165, 1.54) is 12.1 Å². The molecular formula is C12H15FN2O4S. The van der Waals surface area contributed by atoms with Crippen molar-refractivity contribution in [1.82, 2.24) is 5.32 Å². The predicted molar refractivity (Wildman–Crippen MR) is 72.4 cm³/mol. The molecule has 1 aromatic carbocycles. The van der Waals surface area contributed by atoms with Crippen LogP contribution in [0.25, 0.3) is 0 Å². The highest BCUT2D eigenvalue weighted by atomic mass is 32.2. The molecule has 0 radical (unpaired) electrons. The molecule has 0 aliphatic carbocycles. The first kappa shape index (κ1) is 16.1. The first-order valence-electron chi connectivity index (χ1n) is 5.85. The molecule has 0 bridgehead atoms. The lowest BCUT2D eigenvalue weighted by molar-refractivity contribution is -0.118. The van der Waals surface area contributed by atoms with Crippen LogP contribution in [0.5, 0.6) is 0 Å². The van der Waals surface area contributed by atoms with Crippen molar-refractivity contribution in [3.8, 4) is 0 Å². The van der Waals surface area contributed by atoms with E-state index in [2.05, 4.69) is 10.6 Å². The minimum Gasteiger partial charge on any atom is -0.356 e. The maximum Gasteiger partial charge on any atom is 0.239 e. The van der Waals surface area contributed by atoms with Gasteiger partial charge in [-0.2, -0.15) is 0 Å². The van der Waals surface area contributed by atoms with Crippen molar-refractivity contribution < 1.29 is 22.4 Å². The smallest absolute Gasteiger partial charge is 0.239 e. The van der Waals surface area contributed by atoms with E-state index >= 15 is 0 Å². The molecule has 0 aliphatic rings. The number of benzene rings is 1. The molecule has 0 unspecified atom stereocenters. The Hall–Kier alpha value is -1.96. The Balaban J connectivity index is 2.57. The molecule has 2 amide bonds. The topological polar surface area (TPSA) is 92.3 Å². The molecule has 0 aromatic heterocycles. The fourth-order valence-corrected chi connectivity index (χ4v) is 2.50. The summed E-state index contributed by atoms with van der Waals surface area (Å²) < 4.78 is 35.8. The van der Waals surface area contributed by atoms with Gasteiger partial charge in [-0.3, -0.25) is 9.59 Å². The number of halogens is 1. The van der Waals surface area contributed by atoms with Gasteiger partial charge in [0.2, 0.25) is 11.8 Å². The zero-order valence-corrected chi connectivity index (χ0v) is 11.7. The molecule has 20 heavy (non-hydrogen) atoms. The van der Waals surface area contributed by atoms with Crippen LogP contribution in [-0.2, 0) is 19.4 Å². The predicted octanol–water partition coefficient (Wildman–Crippen LogP) is 0.315. The molecule has 110 valence electrons. The summed E-state index contributed by atoms with van der Waals surface area (Å²) in [7, 11) is -3.83. The molecule has 0 atom stereocenters. The summed E-state index contributed by atoms with van der Waals surface area (Å²) >= 11 is 0. The Morgan fingerprint density at radius 2 is 1.65 bits per heavy atom. The second kappa shape index (κ2) is 6.99. The number of nitrogens with one attached hydrogen (secondary N) is 2. The number of hydrogen-bond acceptors (Lipinski definition) is 4. The molecule has 0 saturated heterocycles. The van der Waals surface area contributed by atoms with Gasteiger partial charge in [-0.25, -0.2) is 12.8 Å². The van der Waals surface area contributed by atoms with Crippen molar-refractivity contribution >= 4 is 27.3 Å². The number of hydrogen-bond donors (Lipinski definition) is 2. The van der Waals surface area contributed by atoms with Crippen molar-refractivity contribution in [3.05, 3.63) is 30.1 Å². The first-order chi connectivity index (χ1) is 9.32. The molecule has 1 aromatic rings. The van der Waals surface area contributed by atoms with E-state index in [1.807, 2.05) is 0 Å². The van der Waals surface area contributed by atoms with Crippen LogP contribution in [0, 0.1) is 5.82 Å². The number of amides is 2. The van der Waals surface area contributed by atoms with E-state index < -0.39 is 39.0 Å². The summed E-state index contributed by atoms with van der Waals surface area (Å²) in [6, 6.07) is 4.89. The van der Waals surface area contributed by atoms with Crippen LogP contribution in [0.15, 0.2) is 24.3 Å². The highest BCUT2D eigenvalue weighted by Crippen LogP contribution is 2.08. The molecule has 1 rings (SSSR count). The average molecular weight is 302 g/mol. The van der Waals surface area contributed by atoms with Gasteiger partial charge in [0.25, 0.3) is 0 Å². The van der Waals surface area contributed by atoms with Crippen molar-refractivity contribution in [3.63, 3.8) is 0 Å². The zero-order valence-electron chi connectivity index (χ0n) is 10.8. The van der Waals surface area contributed by atoms with Gasteiger partial charge in [0.15, 0.2) is 9.84 Å². The minimum absolute atomic E-state index is 0.282. The van der Waals surface area contributed by atoms with Gasteiger partial charge in [0, 0.05) is 12.2 Å². The fraction of sp³-hybridized carbons (Fsp3) is 0.333. The van der Waals surface area contributed by atoms with Crippen LogP contribution < -0.4 is 10.6 Å². The third-order valence-electron chi connectivity index (χ3n) is 2.20. The fourth-order valence-electron chi connectivity index (χ4n) is 1.43. The standard InChI is InChI=1S/C12H15FN2O4S/c1-2-14-11(16)7-20(18,19)8-12(17)15-10-5-3-9(13)4-6-10/h3-6H,2,7-8H2,1H3,(H,14,16)(H,15,17). The Kier molecular flexibility index (Phi) is 5.63. The molecule has 6 nitrogen and oxygen atoms in total. The van der Waals surface area contributed by atoms with Gasteiger partial charge < -0.3 is 10.6 Å². The number of anilines is 1. The van der Waals surface area contributed by atoms with E-state index in [0.29, 0.717) is 6.54 Å². The number of carbonyl (C=O) groups is 2. The lowest BCUT2D eigenvalue weighted by Gasteiger charge is -2.06. The van der Waals surface area contributed by atoms with Crippen molar-refractivity contribution in [1.29, 1.82) is 0 Å². The third-order valence-corrected chi connectivity index (χ3v) is 3.61. The molecule has 0 saturated carbocycles. The van der Waals surface area contributed by atoms with Crippen LogP contribution in [0.3, 0.4) is 0 Å². The molecule has 2 N–H and O–H groups in total. The van der Waals surface area contributed by atoms with E-state index in [-0.39, 0.29) is 5.69 Å². The van der Waals surface area contributed by atoms with Crippen LogP contribution in [-0.4, -0.2) is 38.3 Å². The average Bonchev–Trinajstić information content (AvgIpc) is 2.30. The van der Waals surface area contributed by atoms with Crippen molar-refractivity contribution in [2.75, 3.05) is 23.4 Å². The SMILES string of the molecule is CCNC(=O)CS(=O)(=O)CC(=O)Nc1ccc(F)cc1. The Bertz CT molecular complexity index is 584. The molecule has 0 spiro atoms. The van der Waals surface area contributed by atoms with Gasteiger partial charge in [0.1, 0.15) is 17.3 Å². The highest BCUT2D eigenvalue weighted by molar-refractivity contribution is 7.92. The van der Waals surface area contributed by atoms with Crippen LogP contribution in [0.2, 0.25) is 0 Å². The van der Waals surface area contributed by atoms with E-state index in [4.69, 9.17) is 0 Å². The Morgan fingerprint density at radius 1 is 1.10 bits per heavy atom. The van der Waals surface area contributed by atoms with Crippen LogP contribution in [0.1, 0.15) is 6.92 Å². The second-order valence-electron chi connectivity index (χ2n) is 4.04. The summed E-state index contributed by atoms with van der Waals surface area (Å²) in [6.45, 7) is 1.97. The first-order valence-corrected chi connectivity index (χ1v) is 7.67. The molecule has 0 aliphatic heterocycles. The molecule has 0 heterocycles.